The predicted molar refractivity (Wildman–Crippen MR) is 149 cm³/mol. The van der Waals surface area contributed by atoms with Crippen molar-refractivity contribution in [2.24, 2.45) is 0 Å². The molecule has 4 rings (SSSR count). The summed E-state index contributed by atoms with van der Waals surface area (Å²) in [6.07, 6.45) is 2.47. The van der Waals surface area contributed by atoms with E-state index in [9.17, 15) is 19.2 Å². The van der Waals surface area contributed by atoms with Gasteiger partial charge in [-0.25, -0.2) is 0 Å². The Bertz CT molecular complexity index is 1380. The van der Waals surface area contributed by atoms with Crippen LogP contribution in [0.3, 0.4) is 0 Å². The fraction of sp³-hybridized carbons (Fsp3) is 0.172. The Morgan fingerprint density at radius 2 is 1.63 bits per heavy atom. The van der Waals surface area contributed by atoms with Crippen LogP contribution < -0.4 is 15.4 Å². The van der Waals surface area contributed by atoms with Gasteiger partial charge in [0, 0.05) is 11.4 Å². The molecule has 0 unspecified atom stereocenters. The van der Waals surface area contributed by atoms with E-state index in [4.69, 9.17) is 4.74 Å². The van der Waals surface area contributed by atoms with Crippen molar-refractivity contribution >= 4 is 52.2 Å². The molecule has 2 N–H and O–H groups in total. The zero-order valence-electron chi connectivity index (χ0n) is 21.0. The minimum atomic E-state index is -0.523. The number of nitrogens with one attached hydrogen (secondary N) is 2. The van der Waals surface area contributed by atoms with Crippen LogP contribution >= 0.6 is 11.8 Å². The first-order chi connectivity index (χ1) is 18.3. The van der Waals surface area contributed by atoms with E-state index >= 15 is 0 Å². The fourth-order valence-electron chi connectivity index (χ4n) is 3.68. The molecule has 0 radical (unpaired) electrons. The van der Waals surface area contributed by atoms with E-state index in [2.05, 4.69) is 10.6 Å². The third-order valence-corrected chi connectivity index (χ3v) is 6.58. The Morgan fingerprint density at radius 1 is 0.921 bits per heavy atom. The first-order valence-corrected chi connectivity index (χ1v) is 12.9. The summed E-state index contributed by atoms with van der Waals surface area (Å²) in [5.74, 6) is -0.774. The second kappa shape index (κ2) is 12.2. The molecule has 9 heteroatoms. The van der Waals surface area contributed by atoms with Gasteiger partial charge in [0.1, 0.15) is 12.3 Å². The molecule has 1 aliphatic rings. The highest BCUT2D eigenvalue weighted by Crippen LogP contribution is 2.32. The first-order valence-electron chi connectivity index (χ1n) is 12.0. The lowest BCUT2D eigenvalue weighted by molar-refractivity contribution is -0.127. The summed E-state index contributed by atoms with van der Waals surface area (Å²) >= 11 is 0.784. The largest absolute Gasteiger partial charge is 0.484 e. The second-order valence-corrected chi connectivity index (χ2v) is 9.64. The van der Waals surface area contributed by atoms with Gasteiger partial charge in [0.25, 0.3) is 17.1 Å². The third kappa shape index (κ3) is 7.10. The van der Waals surface area contributed by atoms with E-state index in [0.29, 0.717) is 22.7 Å². The summed E-state index contributed by atoms with van der Waals surface area (Å²) in [6, 6.07) is 21.7. The van der Waals surface area contributed by atoms with Crippen LogP contribution in [-0.4, -0.2) is 41.0 Å². The number of thioether (sulfide) groups is 1. The molecule has 0 atom stereocenters. The molecule has 0 saturated carbocycles. The number of anilines is 2. The molecule has 1 fully saturated rings. The number of hydrogen-bond donors (Lipinski definition) is 2. The zero-order valence-corrected chi connectivity index (χ0v) is 21.8. The molecular formula is C29H27N3O5S. The summed E-state index contributed by atoms with van der Waals surface area (Å²) in [5.41, 5.74) is 4.16. The van der Waals surface area contributed by atoms with Crippen molar-refractivity contribution in [3.63, 3.8) is 0 Å². The summed E-state index contributed by atoms with van der Waals surface area (Å²) in [7, 11) is 0. The lowest BCUT2D eigenvalue weighted by atomic mass is 10.1. The molecule has 1 aliphatic heterocycles. The molecule has 0 bridgehead atoms. The Hall–Kier alpha value is -4.37. The van der Waals surface area contributed by atoms with Crippen molar-refractivity contribution in [3.8, 4) is 5.75 Å². The molecule has 4 amide bonds. The number of hydrogen-bond acceptors (Lipinski definition) is 6. The topological polar surface area (TPSA) is 105 Å². The van der Waals surface area contributed by atoms with Crippen molar-refractivity contribution in [1.82, 2.24) is 4.90 Å². The normalized spacial score (nSPS) is 14.1. The molecule has 0 aromatic heterocycles. The van der Waals surface area contributed by atoms with Gasteiger partial charge in [-0.3, -0.25) is 24.1 Å². The van der Waals surface area contributed by atoms with Gasteiger partial charge in [-0.05, 0) is 84.3 Å². The van der Waals surface area contributed by atoms with Crippen molar-refractivity contribution in [2.75, 3.05) is 23.8 Å². The molecule has 1 heterocycles. The number of ether oxygens (including phenoxy) is 1. The van der Waals surface area contributed by atoms with E-state index in [1.165, 1.54) is 0 Å². The maximum Gasteiger partial charge on any atom is 0.294 e. The van der Waals surface area contributed by atoms with E-state index in [1.54, 1.807) is 48.5 Å². The highest BCUT2D eigenvalue weighted by atomic mass is 32.2. The van der Waals surface area contributed by atoms with E-state index < -0.39 is 17.1 Å². The monoisotopic (exact) mass is 529 g/mol. The van der Waals surface area contributed by atoms with Gasteiger partial charge >= 0.3 is 0 Å². The number of amides is 4. The smallest absolute Gasteiger partial charge is 0.294 e. The van der Waals surface area contributed by atoms with E-state index in [0.717, 1.165) is 34.2 Å². The highest BCUT2D eigenvalue weighted by molar-refractivity contribution is 8.18. The average molecular weight is 530 g/mol. The van der Waals surface area contributed by atoms with Crippen molar-refractivity contribution in [1.29, 1.82) is 0 Å². The number of carbonyl (C=O) groups excluding carboxylic acids is 4. The standard InChI is InChI=1S/C29H27N3O5S/c1-3-20-7-11-22(12-8-20)30-26(33)17-32-28(35)25(38-29(32)36)16-21-9-13-24(14-10-21)37-18-27(34)31-23-6-4-5-19(2)15-23/h4-16H,3,17-18H2,1-2H3,(H,30,33)(H,31,34)/b25-16+. The number of imide groups is 1. The molecule has 38 heavy (non-hydrogen) atoms. The second-order valence-electron chi connectivity index (χ2n) is 8.64. The van der Waals surface area contributed by atoms with Gasteiger partial charge in [0.2, 0.25) is 5.91 Å². The molecule has 0 aliphatic carbocycles. The van der Waals surface area contributed by atoms with Crippen LogP contribution in [0.1, 0.15) is 23.6 Å². The van der Waals surface area contributed by atoms with Gasteiger partial charge in [-0.1, -0.05) is 43.3 Å². The van der Waals surface area contributed by atoms with Crippen molar-refractivity contribution in [2.45, 2.75) is 20.3 Å². The van der Waals surface area contributed by atoms with Gasteiger partial charge in [-0.15, -0.1) is 0 Å². The Morgan fingerprint density at radius 3 is 2.32 bits per heavy atom. The molecule has 0 spiro atoms. The summed E-state index contributed by atoms with van der Waals surface area (Å²) < 4.78 is 5.54. The van der Waals surface area contributed by atoms with Crippen LogP contribution in [0.15, 0.2) is 77.7 Å². The SMILES string of the molecule is CCc1ccc(NC(=O)CN2C(=O)S/C(=C/c3ccc(OCC(=O)Nc4cccc(C)c4)cc3)C2=O)cc1. The van der Waals surface area contributed by atoms with Crippen LogP contribution in [0.5, 0.6) is 5.75 Å². The van der Waals surface area contributed by atoms with Crippen molar-refractivity contribution in [3.05, 3.63) is 94.4 Å². The first kappa shape index (κ1) is 26.7. The quantitative estimate of drug-likeness (QED) is 0.367. The maximum atomic E-state index is 12.8. The van der Waals surface area contributed by atoms with Gasteiger partial charge < -0.3 is 15.4 Å². The van der Waals surface area contributed by atoms with Crippen LogP contribution in [0.25, 0.3) is 6.08 Å². The third-order valence-electron chi connectivity index (χ3n) is 5.67. The zero-order chi connectivity index (χ0) is 27.1. The minimum Gasteiger partial charge on any atom is -0.484 e. The molecule has 3 aromatic rings. The summed E-state index contributed by atoms with van der Waals surface area (Å²) in [4.78, 5) is 50.9. The van der Waals surface area contributed by atoms with Crippen molar-refractivity contribution < 1.29 is 23.9 Å². The highest BCUT2D eigenvalue weighted by Gasteiger charge is 2.36. The predicted octanol–water partition coefficient (Wildman–Crippen LogP) is 5.25. The summed E-state index contributed by atoms with van der Waals surface area (Å²) in [5, 5.41) is 4.99. The molecule has 194 valence electrons. The lowest BCUT2D eigenvalue weighted by Gasteiger charge is -2.12. The van der Waals surface area contributed by atoms with Crippen LogP contribution in [0, 0.1) is 6.92 Å². The average Bonchev–Trinajstić information content (AvgIpc) is 3.16. The number of nitrogens with zero attached hydrogens (tertiary/aromatic N) is 1. The molecule has 8 nitrogen and oxygen atoms in total. The number of rotatable bonds is 9. The lowest BCUT2D eigenvalue weighted by Crippen LogP contribution is -2.36. The van der Waals surface area contributed by atoms with Gasteiger partial charge in [-0.2, -0.15) is 0 Å². The van der Waals surface area contributed by atoms with Crippen LogP contribution in [0.2, 0.25) is 0 Å². The Balaban J connectivity index is 1.30. The minimum absolute atomic E-state index is 0.156. The van der Waals surface area contributed by atoms with Crippen LogP contribution in [-0.2, 0) is 20.8 Å². The van der Waals surface area contributed by atoms with Gasteiger partial charge in [0.15, 0.2) is 6.61 Å². The number of aryl methyl sites for hydroxylation is 2. The van der Waals surface area contributed by atoms with E-state index in [-0.39, 0.29) is 24.0 Å². The van der Waals surface area contributed by atoms with E-state index in [1.807, 2.05) is 44.2 Å². The number of carbonyl (C=O) groups is 4. The molecule has 1 saturated heterocycles. The Labute approximate surface area is 225 Å². The fourth-order valence-corrected chi connectivity index (χ4v) is 4.52. The molecular weight excluding hydrogens is 502 g/mol. The molecule has 3 aromatic carbocycles. The number of benzene rings is 3. The Kier molecular flexibility index (Phi) is 8.60. The van der Waals surface area contributed by atoms with Crippen LogP contribution in [0.4, 0.5) is 16.2 Å². The van der Waals surface area contributed by atoms with Gasteiger partial charge in [0.05, 0.1) is 4.91 Å². The maximum absolute atomic E-state index is 12.8. The summed E-state index contributed by atoms with van der Waals surface area (Å²) in [6.45, 7) is 3.46.